The van der Waals surface area contributed by atoms with Crippen LogP contribution in [0.1, 0.15) is 12.5 Å². The molecule has 1 aliphatic rings. The fourth-order valence-electron chi connectivity index (χ4n) is 1.71. The third kappa shape index (κ3) is 2.58. The maximum atomic E-state index is 11.9. The van der Waals surface area contributed by atoms with E-state index in [0.717, 1.165) is 11.8 Å². The number of rotatable bonds is 3. The van der Waals surface area contributed by atoms with Crippen LogP contribution in [-0.2, 0) is 4.79 Å². The Morgan fingerprint density at radius 2 is 2.16 bits per heavy atom. The summed E-state index contributed by atoms with van der Waals surface area (Å²) in [6.07, 6.45) is 1.61. The Morgan fingerprint density at radius 1 is 1.42 bits per heavy atom. The first kappa shape index (κ1) is 13.5. The minimum absolute atomic E-state index is 0.0290. The topological polar surface area (TPSA) is 66.8 Å². The lowest BCUT2D eigenvalue weighted by Crippen LogP contribution is -2.27. The summed E-state index contributed by atoms with van der Waals surface area (Å²) in [6, 6.07) is 4.74. The summed E-state index contributed by atoms with van der Waals surface area (Å²) in [7, 11) is 1.45. The predicted octanol–water partition coefficient (Wildman–Crippen LogP) is 2.46. The zero-order valence-electron chi connectivity index (χ0n) is 10.5. The molecule has 1 aliphatic heterocycles. The third-order valence-corrected chi connectivity index (χ3v) is 3.60. The van der Waals surface area contributed by atoms with Gasteiger partial charge < -0.3 is 9.84 Å². The molecular formula is C13H13NO4S. The van der Waals surface area contributed by atoms with Crippen LogP contribution in [0.2, 0.25) is 0 Å². The summed E-state index contributed by atoms with van der Waals surface area (Å²) in [5.74, 6) is 0.0642. The molecule has 0 bridgehead atoms. The zero-order chi connectivity index (χ0) is 14.0. The summed E-state index contributed by atoms with van der Waals surface area (Å²) in [6.45, 7) is 2.11. The Morgan fingerprint density at radius 3 is 2.74 bits per heavy atom. The Balaban J connectivity index is 2.32. The van der Waals surface area contributed by atoms with Crippen LogP contribution in [0.5, 0.6) is 11.5 Å². The summed E-state index contributed by atoms with van der Waals surface area (Å²) in [5, 5.41) is 9.23. The van der Waals surface area contributed by atoms with Gasteiger partial charge in [0.25, 0.3) is 11.1 Å². The van der Waals surface area contributed by atoms with Crippen molar-refractivity contribution in [2.75, 3.05) is 13.7 Å². The molecule has 19 heavy (non-hydrogen) atoms. The van der Waals surface area contributed by atoms with E-state index < -0.39 is 0 Å². The summed E-state index contributed by atoms with van der Waals surface area (Å²) < 4.78 is 4.99. The molecule has 0 spiro atoms. The molecule has 5 nitrogen and oxygen atoms in total. The molecule has 0 radical (unpaired) electrons. The standard InChI is InChI=1S/C13H13NO4S/c1-3-14-12(16)11(19-13(14)17)7-8-4-5-9(15)10(6-8)18-2/h4-7,15H,3H2,1-2H3/b11-7-. The molecule has 1 N–H and O–H groups in total. The molecule has 0 aliphatic carbocycles. The molecule has 1 fully saturated rings. The minimum atomic E-state index is -0.287. The van der Waals surface area contributed by atoms with E-state index in [2.05, 4.69) is 0 Å². The molecule has 0 unspecified atom stereocenters. The summed E-state index contributed by atoms with van der Waals surface area (Å²) in [4.78, 5) is 25.0. The van der Waals surface area contributed by atoms with Crippen molar-refractivity contribution >= 4 is 29.0 Å². The molecule has 6 heteroatoms. The van der Waals surface area contributed by atoms with Crippen molar-refractivity contribution in [3.63, 3.8) is 0 Å². The number of carbonyl (C=O) groups excluding carboxylic acids is 2. The molecule has 0 saturated carbocycles. The average molecular weight is 279 g/mol. The first-order valence-corrected chi connectivity index (χ1v) is 6.50. The lowest BCUT2D eigenvalue weighted by molar-refractivity contribution is -0.122. The number of benzene rings is 1. The van der Waals surface area contributed by atoms with Crippen LogP contribution >= 0.6 is 11.8 Å². The van der Waals surface area contributed by atoms with E-state index >= 15 is 0 Å². The highest BCUT2D eigenvalue weighted by Crippen LogP contribution is 2.33. The van der Waals surface area contributed by atoms with E-state index in [4.69, 9.17) is 4.74 Å². The molecule has 0 aromatic heterocycles. The molecule has 1 saturated heterocycles. The SMILES string of the molecule is CCN1C(=O)S/C(=C\c2ccc(O)c(OC)c2)C1=O. The molecule has 100 valence electrons. The van der Waals surface area contributed by atoms with Gasteiger partial charge in [-0.2, -0.15) is 0 Å². The third-order valence-electron chi connectivity index (χ3n) is 2.69. The average Bonchev–Trinajstić information content (AvgIpc) is 2.66. The number of methoxy groups -OCH3 is 1. The number of hydrogen-bond donors (Lipinski definition) is 1. The summed E-state index contributed by atoms with van der Waals surface area (Å²) >= 11 is 0.914. The van der Waals surface area contributed by atoms with Gasteiger partial charge in [-0.3, -0.25) is 14.5 Å². The molecule has 1 heterocycles. The predicted molar refractivity (Wildman–Crippen MR) is 73.0 cm³/mol. The normalized spacial score (nSPS) is 17.4. The highest BCUT2D eigenvalue weighted by Gasteiger charge is 2.33. The maximum absolute atomic E-state index is 11.9. The van der Waals surface area contributed by atoms with E-state index in [1.165, 1.54) is 18.1 Å². The highest BCUT2D eigenvalue weighted by molar-refractivity contribution is 8.18. The van der Waals surface area contributed by atoms with Crippen molar-refractivity contribution in [1.29, 1.82) is 0 Å². The van der Waals surface area contributed by atoms with Crippen molar-refractivity contribution in [1.82, 2.24) is 4.90 Å². The monoisotopic (exact) mass is 279 g/mol. The highest BCUT2D eigenvalue weighted by atomic mass is 32.2. The van der Waals surface area contributed by atoms with E-state index in [1.54, 1.807) is 25.1 Å². The van der Waals surface area contributed by atoms with Crippen LogP contribution in [0.25, 0.3) is 6.08 Å². The second kappa shape index (κ2) is 5.36. The van der Waals surface area contributed by atoms with Crippen molar-refractivity contribution in [2.24, 2.45) is 0 Å². The maximum Gasteiger partial charge on any atom is 0.293 e. The number of amides is 2. The minimum Gasteiger partial charge on any atom is -0.504 e. The van der Waals surface area contributed by atoms with Crippen LogP contribution in [0, 0.1) is 0 Å². The van der Waals surface area contributed by atoms with E-state index in [1.807, 2.05) is 0 Å². The molecule has 2 rings (SSSR count). The Labute approximate surface area is 114 Å². The number of phenols is 1. The fraction of sp³-hybridized carbons (Fsp3) is 0.231. The smallest absolute Gasteiger partial charge is 0.293 e. The van der Waals surface area contributed by atoms with Gasteiger partial charge in [0.1, 0.15) is 0 Å². The van der Waals surface area contributed by atoms with E-state index in [0.29, 0.717) is 22.8 Å². The first-order valence-electron chi connectivity index (χ1n) is 5.69. The second-order valence-electron chi connectivity index (χ2n) is 3.86. The Kier molecular flexibility index (Phi) is 3.80. The molecule has 1 aromatic carbocycles. The second-order valence-corrected chi connectivity index (χ2v) is 4.85. The van der Waals surface area contributed by atoms with Crippen LogP contribution in [0.3, 0.4) is 0 Å². The van der Waals surface area contributed by atoms with Gasteiger partial charge in [-0.25, -0.2) is 0 Å². The number of nitrogens with zero attached hydrogens (tertiary/aromatic N) is 1. The zero-order valence-corrected chi connectivity index (χ0v) is 11.4. The van der Waals surface area contributed by atoms with Gasteiger partial charge in [0.2, 0.25) is 0 Å². The van der Waals surface area contributed by atoms with Gasteiger partial charge in [-0.05, 0) is 42.5 Å². The van der Waals surface area contributed by atoms with Crippen molar-refractivity contribution in [2.45, 2.75) is 6.92 Å². The van der Waals surface area contributed by atoms with E-state index in [9.17, 15) is 14.7 Å². The lowest BCUT2D eigenvalue weighted by Gasteiger charge is -2.07. The fourth-order valence-corrected chi connectivity index (χ4v) is 2.61. The Bertz CT molecular complexity index is 568. The van der Waals surface area contributed by atoms with Gasteiger partial charge in [0.05, 0.1) is 12.0 Å². The van der Waals surface area contributed by atoms with Crippen LogP contribution < -0.4 is 4.74 Å². The van der Waals surface area contributed by atoms with Crippen molar-refractivity contribution in [3.8, 4) is 11.5 Å². The number of imide groups is 1. The molecular weight excluding hydrogens is 266 g/mol. The summed E-state index contributed by atoms with van der Waals surface area (Å²) in [5.41, 5.74) is 0.691. The van der Waals surface area contributed by atoms with Crippen LogP contribution in [0.4, 0.5) is 4.79 Å². The number of phenolic OH excluding ortho intramolecular Hbond substituents is 1. The van der Waals surface area contributed by atoms with E-state index in [-0.39, 0.29) is 16.9 Å². The van der Waals surface area contributed by atoms with Crippen LogP contribution in [-0.4, -0.2) is 34.8 Å². The van der Waals surface area contributed by atoms with Crippen molar-refractivity contribution < 1.29 is 19.4 Å². The lowest BCUT2D eigenvalue weighted by atomic mass is 10.2. The molecule has 1 aromatic rings. The number of likely N-dealkylation sites (N-methyl/N-ethyl adjacent to an activating group) is 1. The number of aromatic hydroxyl groups is 1. The van der Waals surface area contributed by atoms with Gasteiger partial charge in [-0.1, -0.05) is 6.07 Å². The van der Waals surface area contributed by atoms with Gasteiger partial charge in [0.15, 0.2) is 11.5 Å². The number of thioether (sulfide) groups is 1. The van der Waals surface area contributed by atoms with Crippen LogP contribution in [0.15, 0.2) is 23.1 Å². The van der Waals surface area contributed by atoms with Gasteiger partial charge >= 0.3 is 0 Å². The molecule has 2 amide bonds. The number of carbonyl (C=O) groups is 2. The quantitative estimate of drug-likeness (QED) is 0.861. The van der Waals surface area contributed by atoms with Gasteiger partial charge in [-0.15, -0.1) is 0 Å². The Hall–Kier alpha value is -1.95. The number of hydrogen-bond acceptors (Lipinski definition) is 5. The largest absolute Gasteiger partial charge is 0.504 e. The molecule has 0 atom stereocenters. The number of ether oxygens (including phenoxy) is 1. The van der Waals surface area contributed by atoms with Gasteiger partial charge in [0, 0.05) is 6.54 Å². The first-order chi connectivity index (χ1) is 9.06. The van der Waals surface area contributed by atoms with Crippen molar-refractivity contribution in [3.05, 3.63) is 28.7 Å².